The molecular formula is C30H30F4O2. The first kappa shape index (κ1) is 26.0. The Kier molecular flexibility index (Phi) is 8.47. The van der Waals surface area contributed by atoms with E-state index in [9.17, 15) is 13.2 Å². The van der Waals surface area contributed by atoms with E-state index >= 15 is 4.39 Å². The second kappa shape index (κ2) is 11.7. The van der Waals surface area contributed by atoms with Crippen LogP contribution in [0.5, 0.6) is 5.75 Å². The minimum atomic E-state index is -1.27. The molecule has 0 aliphatic carbocycles. The Morgan fingerprint density at radius 3 is 2.19 bits per heavy atom. The fourth-order valence-corrected chi connectivity index (χ4v) is 4.69. The molecule has 6 heteroatoms. The molecule has 1 saturated heterocycles. The maximum atomic E-state index is 15.0. The molecule has 36 heavy (non-hydrogen) atoms. The predicted molar refractivity (Wildman–Crippen MR) is 134 cm³/mol. The fraction of sp³-hybridized carbons (Fsp3) is 0.333. The van der Waals surface area contributed by atoms with Crippen molar-refractivity contribution in [2.75, 3.05) is 13.2 Å². The Balaban J connectivity index is 1.40. The molecule has 2 nitrogen and oxygen atoms in total. The minimum Gasteiger partial charge on any atom is -0.491 e. The lowest BCUT2D eigenvalue weighted by atomic mass is 9.88. The van der Waals surface area contributed by atoms with Gasteiger partial charge in [0, 0.05) is 17.0 Å². The number of halogens is 4. The van der Waals surface area contributed by atoms with Gasteiger partial charge in [-0.25, -0.2) is 13.2 Å². The van der Waals surface area contributed by atoms with Gasteiger partial charge in [0.1, 0.15) is 0 Å². The summed E-state index contributed by atoms with van der Waals surface area (Å²) in [6.07, 6.45) is 7.25. The Labute approximate surface area is 209 Å². The molecule has 2 unspecified atom stereocenters. The number of rotatable bonds is 8. The van der Waals surface area contributed by atoms with Crippen molar-refractivity contribution in [2.45, 2.75) is 51.6 Å². The number of hydrogen-bond donors (Lipinski definition) is 0. The first-order chi connectivity index (χ1) is 17.4. The molecule has 3 aromatic carbocycles. The molecule has 0 N–H and O–H groups in total. The lowest BCUT2D eigenvalue weighted by molar-refractivity contribution is -0.00126. The van der Waals surface area contributed by atoms with E-state index < -0.39 is 23.3 Å². The second-order valence-electron chi connectivity index (χ2n) is 9.01. The highest BCUT2D eigenvalue weighted by Gasteiger charge is 2.28. The van der Waals surface area contributed by atoms with Crippen LogP contribution in [-0.2, 0) is 11.2 Å². The molecular weight excluding hydrogens is 468 g/mol. The van der Waals surface area contributed by atoms with Crippen molar-refractivity contribution in [2.24, 2.45) is 0 Å². The number of ether oxygens (including phenoxy) is 2. The molecule has 2 atom stereocenters. The molecule has 190 valence electrons. The van der Waals surface area contributed by atoms with E-state index in [1.54, 1.807) is 6.92 Å². The van der Waals surface area contributed by atoms with Crippen molar-refractivity contribution in [1.82, 2.24) is 0 Å². The number of aryl methyl sites for hydroxylation is 1. The molecule has 0 radical (unpaired) electrons. The third-order valence-electron chi connectivity index (χ3n) is 6.65. The molecule has 0 saturated carbocycles. The van der Waals surface area contributed by atoms with Gasteiger partial charge in [0.05, 0.1) is 19.3 Å². The summed E-state index contributed by atoms with van der Waals surface area (Å²) in [5.41, 5.74) is 1.91. The molecule has 0 amide bonds. The first-order valence-corrected chi connectivity index (χ1v) is 12.3. The zero-order valence-electron chi connectivity index (χ0n) is 20.5. The first-order valence-electron chi connectivity index (χ1n) is 12.3. The van der Waals surface area contributed by atoms with E-state index in [0.717, 1.165) is 24.8 Å². The number of allylic oxidation sites excluding steroid dienone is 1. The van der Waals surface area contributed by atoms with E-state index in [2.05, 4.69) is 30.3 Å². The molecule has 0 bridgehead atoms. The van der Waals surface area contributed by atoms with E-state index in [1.807, 2.05) is 13.0 Å². The molecule has 3 aromatic rings. The van der Waals surface area contributed by atoms with Crippen LogP contribution in [0.2, 0.25) is 0 Å². The standard InChI is InChI=1S/C30H30F4O2/c1-3-5-19-6-8-20(9-7-19)10-12-22-13-11-21(18-36-22)23-14-15-24(28(32)27(23)31)25-16-17-26(35-4-2)30(34)29(25)33/h3,5-9,14-17,21-22H,4,10-13,18H2,1-2H3. The summed E-state index contributed by atoms with van der Waals surface area (Å²) < 4.78 is 69.9. The van der Waals surface area contributed by atoms with Crippen molar-refractivity contribution in [3.63, 3.8) is 0 Å². The Morgan fingerprint density at radius 1 is 0.861 bits per heavy atom. The highest BCUT2D eigenvalue weighted by molar-refractivity contribution is 5.67. The smallest absolute Gasteiger partial charge is 0.201 e. The van der Waals surface area contributed by atoms with E-state index in [1.165, 1.54) is 29.8 Å². The maximum Gasteiger partial charge on any atom is 0.201 e. The van der Waals surface area contributed by atoms with Crippen LogP contribution in [0.4, 0.5) is 17.6 Å². The maximum absolute atomic E-state index is 15.0. The van der Waals surface area contributed by atoms with Crippen LogP contribution in [0.15, 0.2) is 54.6 Å². The third kappa shape index (κ3) is 5.65. The van der Waals surface area contributed by atoms with Gasteiger partial charge in [-0.1, -0.05) is 48.6 Å². The van der Waals surface area contributed by atoms with Gasteiger partial charge in [0.2, 0.25) is 5.82 Å². The van der Waals surface area contributed by atoms with Gasteiger partial charge in [-0.3, -0.25) is 0 Å². The molecule has 1 aliphatic rings. The van der Waals surface area contributed by atoms with Crippen LogP contribution in [0.25, 0.3) is 17.2 Å². The predicted octanol–water partition coefficient (Wildman–Crippen LogP) is 8.24. The average molecular weight is 499 g/mol. The molecule has 4 rings (SSSR count). The van der Waals surface area contributed by atoms with Crippen LogP contribution >= 0.6 is 0 Å². The molecule has 1 heterocycles. The van der Waals surface area contributed by atoms with E-state index in [0.29, 0.717) is 6.42 Å². The summed E-state index contributed by atoms with van der Waals surface area (Å²) in [5.74, 6) is -5.30. The van der Waals surface area contributed by atoms with Gasteiger partial charge in [-0.15, -0.1) is 0 Å². The van der Waals surface area contributed by atoms with Gasteiger partial charge in [-0.2, -0.15) is 4.39 Å². The highest BCUT2D eigenvalue weighted by Crippen LogP contribution is 2.37. The Hall–Kier alpha value is -3.12. The highest BCUT2D eigenvalue weighted by atomic mass is 19.2. The third-order valence-corrected chi connectivity index (χ3v) is 6.65. The Bertz CT molecular complexity index is 1210. The van der Waals surface area contributed by atoms with Gasteiger partial charge in [-0.05, 0) is 68.4 Å². The lowest BCUT2D eigenvalue weighted by Crippen LogP contribution is -2.26. The van der Waals surface area contributed by atoms with Crippen molar-refractivity contribution in [3.8, 4) is 16.9 Å². The van der Waals surface area contributed by atoms with Gasteiger partial charge in [0.15, 0.2) is 23.2 Å². The quantitative estimate of drug-likeness (QED) is 0.291. The normalized spacial score (nSPS) is 18.1. The van der Waals surface area contributed by atoms with Crippen LogP contribution in [-0.4, -0.2) is 19.3 Å². The minimum absolute atomic E-state index is 0.0598. The van der Waals surface area contributed by atoms with Gasteiger partial charge < -0.3 is 9.47 Å². The van der Waals surface area contributed by atoms with Crippen molar-refractivity contribution >= 4 is 6.08 Å². The van der Waals surface area contributed by atoms with Gasteiger partial charge in [0.25, 0.3) is 0 Å². The van der Waals surface area contributed by atoms with Crippen LogP contribution < -0.4 is 4.74 Å². The largest absolute Gasteiger partial charge is 0.491 e. The molecule has 0 spiro atoms. The molecule has 1 fully saturated rings. The number of benzene rings is 3. The molecule has 0 aromatic heterocycles. The van der Waals surface area contributed by atoms with Gasteiger partial charge >= 0.3 is 0 Å². The van der Waals surface area contributed by atoms with Crippen LogP contribution in [0, 0.1) is 23.3 Å². The SMILES string of the molecule is CC=Cc1ccc(CCC2CCC(c3ccc(-c4ccc(OCC)c(F)c4F)c(F)c3F)CO2)cc1. The Morgan fingerprint density at radius 2 is 1.56 bits per heavy atom. The van der Waals surface area contributed by atoms with Crippen LogP contribution in [0.1, 0.15) is 55.7 Å². The zero-order valence-corrected chi connectivity index (χ0v) is 20.5. The lowest BCUT2D eigenvalue weighted by Gasteiger charge is -2.30. The van der Waals surface area contributed by atoms with Crippen molar-refractivity contribution in [1.29, 1.82) is 0 Å². The monoisotopic (exact) mass is 498 g/mol. The summed E-state index contributed by atoms with van der Waals surface area (Å²) >= 11 is 0. The second-order valence-corrected chi connectivity index (χ2v) is 9.01. The topological polar surface area (TPSA) is 18.5 Å². The summed E-state index contributed by atoms with van der Waals surface area (Å²) in [5, 5.41) is 0. The van der Waals surface area contributed by atoms with Crippen molar-refractivity contribution < 1.29 is 27.0 Å². The van der Waals surface area contributed by atoms with Crippen molar-refractivity contribution in [3.05, 3.63) is 94.6 Å². The van der Waals surface area contributed by atoms with E-state index in [-0.39, 0.29) is 47.7 Å². The summed E-state index contributed by atoms with van der Waals surface area (Å²) in [4.78, 5) is 0. The fourth-order valence-electron chi connectivity index (χ4n) is 4.69. The van der Waals surface area contributed by atoms with E-state index in [4.69, 9.17) is 9.47 Å². The average Bonchev–Trinajstić information content (AvgIpc) is 2.89. The summed E-state index contributed by atoms with van der Waals surface area (Å²) in [6, 6.07) is 13.6. The zero-order chi connectivity index (χ0) is 25.7. The summed E-state index contributed by atoms with van der Waals surface area (Å²) in [7, 11) is 0. The van der Waals surface area contributed by atoms with Crippen LogP contribution in [0.3, 0.4) is 0 Å². The molecule has 1 aliphatic heterocycles. The number of hydrogen-bond acceptors (Lipinski definition) is 2. The summed E-state index contributed by atoms with van der Waals surface area (Å²) in [6.45, 7) is 4.06.